The van der Waals surface area contributed by atoms with Gasteiger partial charge in [0.25, 0.3) is 0 Å². The molecule has 4 nitrogen and oxygen atoms in total. The minimum Gasteiger partial charge on any atom is -0.463 e. The van der Waals surface area contributed by atoms with Crippen LogP contribution in [0, 0.1) is 0 Å². The lowest BCUT2D eigenvalue weighted by molar-refractivity contribution is -0.147. The number of fused-ring (bicyclic) bond motifs is 1. The Bertz CT molecular complexity index is 406. The molecule has 0 aliphatic carbocycles. The first-order valence-corrected chi connectivity index (χ1v) is 6.35. The van der Waals surface area contributed by atoms with Crippen molar-refractivity contribution in [3.63, 3.8) is 0 Å². The number of nitrogens with one attached hydrogen (secondary N) is 1. The van der Waals surface area contributed by atoms with Gasteiger partial charge in [-0.15, -0.1) is 0 Å². The molecule has 2 rings (SSSR count). The Morgan fingerprint density at radius 3 is 3.06 bits per heavy atom. The zero-order valence-corrected chi connectivity index (χ0v) is 10.6. The summed E-state index contributed by atoms with van der Waals surface area (Å²) < 4.78 is 10.4. The third-order valence-electron chi connectivity index (χ3n) is 3.06. The average Bonchev–Trinajstić information content (AvgIpc) is 2.43. The monoisotopic (exact) mass is 249 g/mol. The van der Waals surface area contributed by atoms with Crippen LogP contribution in [-0.2, 0) is 20.8 Å². The highest BCUT2D eigenvalue weighted by Gasteiger charge is 2.27. The maximum absolute atomic E-state index is 12.0. The van der Waals surface area contributed by atoms with E-state index in [0.29, 0.717) is 26.4 Å². The second-order valence-corrected chi connectivity index (χ2v) is 4.25. The molecule has 1 N–H and O–H groups in total. The number of ether oxygens (including phenoxy) is 2. The van der Waals surface area contributed by atoms with Gasteiger partial charge in [-0.05, 0) is 18.1 Å². The summed E-state index contributed by atoms with van der Waals surface area (Å²) in [7, 11) is 0. The smallest absolute Gasteiger partial charge is 0.314 e. The van der Waals surface area contributed by atoms with Gasteiger partial charge >= 0.3 is 5.97 Å². The van der Waals surface area contributed by atoms with Gasteiger partial charge in [-0.2, -0.15) is 0 Å². The lowest BCUT2D eigenvalue weighted by atomic mass is 9.91. The van der Waals surface area contributed by atoms with Gasteiger partial charge in [0.15, 0.2) is 0 Å². The molecule has 0 bridgehead atoms. The summed E-state index contributed by atoms with van der Waals surface area (Å²) >= 11 is 0. The average molecular weight is 249 g/mol. The third-order valence-corrected chi connectivity index (χ3v) is 3.06. The summed E-state index contributed by atoms with van der Waals surface area (Å²) in [5, 5.41) is 3.24. The van der Waals surface area contributed by atoms with Gasteiger partial charge in [-0.1, -0.05) is 24.3 Å². The van der Waals surface area contributed by atoms with E-state index in [2.05, 4.69) is 5.32 Å². The van der Waals surface area contributed by atoms with Crippen LogP contribution in [0.1, 0.15) is 24.0 Å². The molecule has 18 heavy (non-hydrogen) atoms. The highest BCUT2D eigenvalue weighted by molar-refractivity contribution is 5.79. The first-order chi connectivity index (χ1) is 8.83. The SMILES string of the molecule is CCOCCOC(=O)C1CNCc2ccccc21. The molecule has 0 radical (unpaired) electrons. The van der Waals surface area contributed by atoms with Crippen LogP contribution in [-0.4, -0.2) is 32.3 Å². The molecule has 0 spiro atoms. The van der Waals surface area contributed by atoms with Gasteiger partial charge in [-0.3, -0.25) is 4.79 Å². The molecule has 1 unspecified atom stereocenters. The lowest BCUT2D eigenvalue weighted by Crippen LogP contribution is -2.34. The Hall–Kier alpha value is -1.39. The molecular weight excluding hydrogens is 230 g/mol. The van der Waals surface area contributed by atoms with Crippen molar-refractivity contribution in [3.8, 4) is 0 Å². The Kier molecular flexibility index (Phi) is 4.73. The van der Waals surface area contributed by atoms with E-state index in [-0.39, 0.29) is 11.9 Å². The largest absolute Gasteiger partial charge is 0.463 e. The van der Waals surface area contributed by atoms with Gasteiger partial charge in [0.05, 0.1) is 12.5 Å². The summed E-state index contributed by atoms with van der Waals surface area (Å²) in [6, 6.07) is 8.00. The number of esters is 1. The fourth-order valence-corrected chi connectivity index (χ4v) is 2.15. The summed E-state index contributed by atoms with van der Waals surface area (Å²) in [6.45, 7) is 4.81. The van der Waals surface area contributed by atoms with E-state index in [1.54, 1.807) is 0 Å². The summed E-state index contributed by atoms with van der Waals surface area (Å²) in [4.78, 5) is 12.0. The van der Waals surface area contributed by atoms with Gasteiger partial charge in [-0.25, -0.2) is 0 Å². The van der Waals surface area contributed by atoms with E-state index >= 15 is 0 Å². The van der Waals surface area contributed by atoms with E-state index in [0.717, 1.165) is 12.1 Å². The van der Waals surface area contributed by atoms with Crippen molar-refractivity contribution in [2.75, 3.05) is 26.4 Å². The van der Waals surface area contributed by atoms with Crippen molar-refractivity contribution in [2.45, 2.75) is 19.4 Å². The number of hydrogen-bond donors (Lipinski definition) is 1. The van der Waals surface area contributed by atoms with E-state index in [1.165, 1.54) is 5.56 Å². The van der Waals surface area contributed by atoms with Crippen LogP contribution >= 0.6 is 0 Å². The number of carbonyl (C=O) groups is 1. The molecule has 1 heterocycles. The molecule has 0 fully saturated rings. The number of hydrogen-bond acceptors (Lipinski definition) is 4. The topological polar surface area (TPSA) is 47.6 Å². The van der Waals surface area contributed by atoms with Crippen LogP contribution in [0.15, 0.2) is 24.3 Å². The molecule has 0 amide bonds. The first-order valence-electron chi connectivity index (χ1n) is 6.35. The predicted octanol–water partition coefficient (Wildman–Crippen LogP) is 1.45. The van der Waals surface area contributed by atoms with E-state index in [1.807, 2.05) is 31.2 Å². The van der Waals surface area contributed by atoms with Crippen molar-refractivity contribution < 1.29 is 14.3 Å². The molecule has 4 heteroatoms. The van der Waals surface area contributed by atoms with Gasteiger partial charge in [0.2, 0.25) is 0 Å². The molecular formula is C14H19NO3. The molecule has 1 atom stereocenters. The third kappa shape index (κ3) is 3.09. The molecule has 0 saturated heterocycles. The number of rotatable bonds is 5. The van der Waals surface area contributed by atoms with E-state index in [9.17, 15) is 4.79 Å². The maximum atomic E-state index is 12.0. The normalized spacial score (nSPS) is 18.2. The van der Waals surface area contributed by atoms with Crippen LogP contribution in [0.25, 0.3) is 0 Å². The molecule has 1 aliphatic heterocycles. The Morgan fingerprint density at radius 2 is 2.22 bits per heavy atom. The second-order valence-electron chi connectivity index (χ2n) is 4.25. The fourth-order valence-electron chi connectivity index (χ4n) is 2.15. The Balaban J connectivity index is 1.95. The van der Waals surface area contributed by atoms with Crippen molar-refractivity contribution in [2.24, 2.45) is 0 Å². The zero-order chi connectivity index (χ0) is 12.8. The van der Waals surface area contributed by atoms with Crippen molar-refractivity contribution in [1.82, 2.24) is 5.32 Å². The van der Waals surface area contributed by atoms with E-state index in [4.69, 9.17) is 9.47 Å². The summed E-state index contributed by atoms with van der Waals surface area (Å²) in [5.41, 5.74) is 2.26. The summed E-state index contributed by atoms with van der Waals surface area (Å²) in [5.74, 6) is -0.370. The highest BCUT2D eigenvalue weighted by Crippen LogP contribution is 2.24. The highest BCUT2D eigenvalue weighted by atomic mass is 16.6. The van der Waals surface area contributed by atoms with Gasteiger partial charge in [0.1, 0.15) is 6.61 Å². The van der Waals surface area contributed by atoms with Crippen molar-refractivity contribution in [3.05, 3.63) is 35.4 Å². The minimum absolute atomic E-state index is 0.172. The number of carbonyl (C=O) groups excluding carboxylic acids is 1. The zero-order valence-electron chi connectivity index (χ0n) is 10.6. The van der Waals surface area contributed by atoms with Crippen LogP contribution < -0.4 is 5.32 Å². The predicted molar refractivity (Wildman–Crippen MR) is 68.3 cm³/mol. The summed E-state index contributed by atoms with van der Waals surface area (Å²) in [6.07, 6.45) is 0. The fraction of sp³-hybridized carbons (Fsp3) is 0.500. The van der Waals surface area contributed by atoms with Crippen LogP contribution in [0.3, 0.4) is 0 Å². The van der Waals surface area contributed by atoms with Crippen LogP contribution in [0.2, 0.25) is 0 Å². The number of benzene rings is 1. The van der Waals surface area contributed by atoms with Gasteiger partial charge < -0.3 is 14.8 Å². The Labute approximate surface area is 107 Å². The van der Waals surface area contributed by atoms with Crippen LogP contribution in [0.5, 0.6) is 0 Å². The Morgan fingerprint density at radius 1 is 1.39 bits per heavy atom. The van der Waals surface area contributed by atoms with Crippen LogP contribution in [0.4, 0.5) is 0 Å². The second kappa shape index (κ2) is 6.52. The van der Waals surface area contributed by atoms with Gasteiger partial charge in [0, 0.05) is 19.7 Å². The molecule has 0 saturated carbocycles. The maximum Gasteiger partial charge on any atom is 0.314 e. The van der Waals surface area contributed by atoms with Crippen molar-refractivity contribution in [1.29, 1.82) is 0 Å². The molecule has 1 aromatic carbocycles. The van der Waals surface area contributed by atoms with Crippen molar-refractivity contribution >= 4 is 5.97 Å². The molecule has 0 aromatic heterocycles. The lowest BCUT2D eigenvalue weighted by Gasteiger charge is -2.24. The molecule has 1 aliphatic rings. The minimum atomic E-state index is -0.198. The molecule has 98 valence electrons. The molecule has 1 aromatic rings. The standard InChI is InChI=1S/C14H19NO3/c1-2-17-7-8-18-14(16)13-10-15-9-11-5-3-4-6-12(11)13/h3-6,13,15H,2,7-10H2,1H3. The quantitative estimate of drug-likeness (QED) is 0.634. The first kappa shape index (κ1) is 13.1. The van der Waals surface area contributed by atoms with E-state index < -0.39 is 0 Å².